The van der Waals surface area contributed by atoms with Crippen molar-refractivity contribution in [3.8, 4) is 0 Å². The fourth-order valence-corrected chi connectivity index (χ4v) is 0.650. The first kappa shape index (κ1) is 9.77. The van der Waals surface area contributed by atoms with Crippen LogP contribution in [-0.4, -0.2) is 5.88 Å². The molecule has 0 heterocycles. The van der Waals surface area contributed by atoms with Crippen LogP contribution in [0.2, 0.25) is 0 Å². The van der Waals surface area contributed by atoms with Gasteiger partial charge in [-0.05, 0) is 12.3 Å². The quantitative estimate of drug-likeness (QED) is 0.435. The lowest BCUT2D eigenvalue weighted by molar-refractivity contribution is 0.832. The van der Waals surface area contributed by atoms with Gasteiger partial charge in [-0.3, -0.25) is 0 Å². The van der Waals surface area contributed by atoms with Gasteiger partial charge in [0.05, 0.1) is 0 Å². The predicted octanol–water partition coefficient (Wildman–Crippen LogP) is 3.38. The van der Waals surface area contributed by atoms with Gasteiger partial charge in [0.15, 0.2) is 0 Å². The largest absolute Gasteiger partial charge is 0.126 e. The predicted molar refractivity (Wildman–Crippen MR) is 48.5 cm³/mol. The molecule has 0 aliphatic rings. The van der Waals surface area contributed by atoms with Crippen molar-refractivity contribution in [1.82, 2.24) is 0 Å². The molecule has 0 saturated carbocycles. The summed E-state index contributed by atoms with van der Waals surface area (Å²) >= 11 is 5.47. The van der Waals surface area contributed by atoms with Crippen LogP contribution in [0.15, 0.2) is 24.3 Å². The first-order valence-corrected chi connectivity index (χ1v) is 4.20. The molecule has 0 N–H and O–H groups in total. The second kappa shape index (κ2) is 6.88. The second-order valence-electron chi connectivity index (χ2n) is 2.53. The molecular formula is C9H15Cl. The van der Waals surface area contributed by atoms with Gasteiger partial charge in [-0.15, -0.1) is 11.6 Å². The Bertz CT molecular complexity index is 112. The van der Waals surface area contributed by atoms with E-state index < -0.39 is 0 Å². The van der Waals surface area contributed by atoms with E-state index in [-0.39, 0.29) is 0 Å². The van der Waals surface area contributed by atoms with Gasteiger partial charge in [-0.1, -0.05) is 38.2 Å². The highest BCUT2D eigenvalue weighted by Crippen LogP contribution is 1.94. The van der Waals surface area contributed by atoms with E-state index in [1.54, 1.807) is 0 Å². The van der Waals surface area contributed by atoms with E-state index in [9.17, 15) is 0 Å². The molecular weight excluding hydrogens is 144 g/mol. The fourth-order valence-electron chi connectivity index (χ4n) is 0.524. The molecule has 0 rings (SSSR count). The fraction of sp³-hybridized carbons (Fsp3) is 0.556. The molecule has 0 aliphatic carbocycles. The molecule has 0 spiro atoms. The number of alkyl halides is 1. The Balaban J connectivity index is 3.32. The molecule has 0 atom stereocenters. The molecule has 0 aromatic heterocycles. The minimum Gasteiger partial charge on any atom is -0.126 e. The normalized spacial score (nSPS) is 12.4. The third-order valence-electron chi connectivity index (χ3n) is 1.02. The van der Waals surface area contributed by atoms with Crippen molar-refractivity contribution < 1.29 is 0 Å². The third-order valence-corrected chi connectivity index (χ3v) is 1.24. The van der Waals surface area contributed by atoms with Gasteiger partial charge in [-0.25, -0.2) is 0 Å². The van der Waals surface area contributed by atoms with Gasteiger partial charge >= 0.3 is 0 Å². The van der Waals surface area contributed by atoms with Crippen LogP contribution >= 0.6 is 11.6 Å². The number of rotatable bonds is 4. The van der Waals surface area contributed by atoms with E-state index in [0.29, 0.717) is 11.8 Å². The summed E-state index contributed by atoms with van der Waals surface area (Å²) in [5.74, 6) is 1.35. The number of hydrogen-bond donors (Lipinski definition) is 0. The zero-order chi connectivity index (χ0) is 7.82. The summed E-state index contributed by atoms with van der Waals surface area (Å²) in [6.45, 7) is 4.32. The summed E-state index contributed by atoms with van der Waals surface area (Å²) in [6, 6.07) is 0. The monoisotopic (exact) mass is 158 g/mol. The van der Waals surface area contributed by atoms with Crippen molar-refractivity contribution in [2.24, 2.45) is 5.92 Å². The summed E-state index contributed by atoms with van der Waals surface area (Å²) in [5, 5.41) is 0. The van der Waals surface area contributed by atoms with Crippen LogP contribution in [0.1, 0.15) is 20.3 Å². The topological polar surface area (TPSA) is 0 Å². The van der Waals surface area contributed by atoms with Gasteiger partial charge in [0.25, 0.3) is 0 Å². The van der Waals surface area contributed by atoms with Gasteiger partial charge in [0, 0.05) is 5.88 Å². The van der Waals surface area contributed by atoms with Crippen LogP contribution in [-0.2, 0) is 0 Å². The molecule has 0 radical (unpaired) electrons. The van der Waals surface area contributed by atoms with Crippen LogP contribution in [0, 0.1) is 5.92 Å². The summed E-state index contributed by atoms with van der Waals surface area (Å²) in [4.78, 5) is 0. The highest BCUT2D eigenvalue weighted by Gasteiger charge is 1.79. The smallest absolute Gasteiger partial charge is 0.0258 e. The lowest BCUT2D eigenvalue weighted by Gasteiger charge is -1.88. The van der Waals surface area contributed by atoms with Gasteiger partial charge in [0.1, 0.15) is 0 Å². The lowest BCUT2D eigenvalue weighted by atomic mass is 10.2. The highest BCUT2D eigenvalue weighted by atomic mass is 35.5. The van der Waals surface area contributed by atoms with E-state index in [2.05, 4.69) is 32.1 Å². The molecule has 0 aliphatic heterocycles. The summed E-state index contributed by atoms with van der Waals surface area (Å²) in [7, 11) is 0. The Hall–Kier alpha value is -0.230. The Morgan fingerprint density at radius 2 is 2.00 bits per heavy atom. The van der Waals surface area contributed by atoms with Crippen molar-refractivity contribution >= 4 is 11.6 Å². The molecule has 0 bridgehead atoms. The molecule has 10 heavy (non-hydrogen) atoms. The second-order valence-corrected chi connectivity index (χ2v) is 2.91. The van der Waals surface area contributed by atoms with Crippen molar-refractivity contribution in [2.75, 3.05) is 5.88 Å². The molecule has 0 saturated heterocycles. The number of hydrogen-bond acceptors (Lipinski definition) is 0. The van der Waals surface area contributed by atoms with Gasteiger partial charge in [-0.2, -0.15) is 0 Å². The number of halogens is 1. The molecule has 1 heteroatoms. The highest BCUT2D eigenvalue weighted by molar-refractivity contribution is 6.17. The van der Waals surface area contributed by atoms with Crippen LogP contribution in [0.3, 0.4) is 0 Å². The van der Waals surface area contributed by atoms with Gasteiger partial charge < -0.3 is 0 Å². The minimum atomic E-state index is 0.639. The maximum Gasteiger partial charge on any atom is 0.0258 e. The Kier molecular flexibility index (Phi) is 6.73. The zero-order valence-corrected chi connectivity index (χ0v) is 7.43. The maximum atomic E-state index is 5.47. The molecule has 58 valence electrons. The van der Waals surface area contributed by atoms with E-state index in [0.717, 1.165) is 6.42 Å². The number of allylic oxidation sites excluding steroid dienone is 4. The zero-order valence-electron chi connectivity index (χ0n) is 6.68. The third kappa shape index (κ3) is 7.77. The van der Waals surface area contributed by atoms with Crippen LogP contribution in [0.4, 0.5) is 0 Å². The average molecular weight is 159 g/mol. The Labute approximate surface area is 68.6 Å². The van der Waals surface area contributed by atoms with Crippen LogP contribution in [0.25, 0.3) is 0 Å². The van der Waals surface area contributed by atoms with E-state index in [1.165, 1.54) is 0 Å². The van der Waals surface area contributed by atoms with Crippen molar-refractivity contribution in [1.29, 1.82) is 0 Å². The van der Waals surface area contributed by atoms with Gasteiger partial charge in [0.2, 0.25) is 0 Å². The van der Waals surface area contributed by atoms with E-state index >= 15 is 0 Å². The Morgan fingerprint density at radius 3 is 2.50 bits per heavy atom. The first-order valence-electron chi connectivity index (χ1n) is 3.66. The Morgan fingerprint density at radius 1 is 1.30 bits per heavy atom. The maximum absolute atomic E-state index is 5.47. The van der Waals surface area contributed by atoms with E-state index in [1.807, 2.05) is 6.08 Å². The van der Waals surface area contributed by atoms with Crippen molar-refractivity contribution in [2.45, 2.75) is 20.3 Å². The van der Waals surface area contributed by atoms with Crippen molar-refractivity contribution in [3.05, 3.63) is 24.3 Å². The molecule has 0 aromatic rings. The van der Waals surface area contributed by atoms with Crippen LogP contribution in [0.5, 0.6) is 0 Å². The molecule has 0 fully saturated rings. The summed E-state index contributed by atoms with van der Waals surface area (Å²) in [5.41, 5.74) is 0. The van der Waals surface area contributed by atoms with Crippen LogP contribution < -0.4 is 0 Å². The average Bonchev–Trinajstić information content (AvgIpc) is 1.87. The van der Waals surface area contributed by atoms with Crippen molar-refractivity contribution in [3.63, 3.8) is 0 Å². The lowest BCUT2D eigenvalue weighted by Crippen LogP contribution is -1.74. The standard InChI is InChI=1S/C9H15Cl/c1-9(2)7-5-3-4-6-8-10/h3-5,7,9H,6,8H2,1-2H3/b4-3+,7-5+. The molecule has 0 amide bonds. The SMILES string of the molecule is CC(C)/C=C/C=C/CCCl. The van der Waals surface area contributed by atoms with E-state index in [4.69, 9.17) is 11.6 Å². The minimum absolute atomic E-state index is 0.639. The summed E-state index contributed by atoms with van der Waals surface area (Å²) in [6.07, 6.45) is 9.31. The molecule has 0 unspecified atom stereocenters. The molecule has 0 nitrogen and oxygen atoms in total. The first-order chi connectivity index (χ1) is 4.77. The summed E-state index contributed by atoms with van der Waals surface area (Å²) < 4.78 is 0. The molecule has 0 aromatic carbocycles.